The summed E-state index contributed by atoms with van der Waals surface area (Å²) in [5.41, 5.74) is 2.58. The number of ether oxygens (including phenoxy) is 2. The minimum Gasteiger partial charge on any atom is -0.497 e. The van der Waals surface area contributed by atoms with Gasteiger partial charge in [0.2, 0.25) is 12.3 Å². The molecule has 7 nitrogen and oxygen atoms in total. The van der Waals surface area contributed by atoms with Gasteiger partial charge in [0.1, 0.15) is 23.6 Å². The Hall–Kier alpha value is -3.87. The van der Waals surface area contributed by atoms with Gasteiger partial charge in [-0.3, -0.25) is 9.59 Å². The molecule has 0 unspecified atom stereocenters. The molecule has 0 radical (unpaired) electrons. The number of carbonyl (C=O) groups is 2. The summed E-state index contributed by atoms with van der Waals surface area (Å²) in [4.78, 5) is 30.7. The average molecular weight is 474 g/mol. The Morgan fingerprint density at radius 1 is 1.26 bits per heavy atom. The molecule has 3 aromatic rings. The zero-order chi connectivity index (χ0) is 24.6. The molecule has 2 atom stereocenters. The largest absolute Gasteiger partial charge is 0.497 e. The molecule has 2 aromatic carbocycles. The van der Waals surface area contributed by atoms with Crippen molar-refractivity contribution in [3.05, 3.63) is 67.3 Å². The van der Waals surface area contributed by atoms with E-state index in [4.69, 9.17) is 14.5 Å². The Labute approximate surface area is 205 Å². The summed E-state index contributed by atoms with van der Waals surface area (Å²) in [6.07, 6.45) is 5.17. The molecule has 0 spiro atoms. The molecule has 0 bridgehead atoms. The van der Waals surface area contributed by atoms with Crippen LogP contribution in [0, 0.1) is 0 Å². The van der Waals surface area contributed by atoms with Crippen molar-refractivity contribution < 1.29 is 19.1 Å². The van der Waals surface area contributed by atoms with Crippen molar-refractivity contribution in [1.29, 1.82) is 0 Å². The molecule has 1 aromatic heterocycles. The van der Waals surface area contributed by atoms with Crippen LogP contribution in [0.2, 0.25) is 0 Å². The minimum absolute atomic E-state index is 0.0680. The number of hydrogen-bond acceptors (Lipinski definition) is 5. The van der Waals surface area contributed by atoms with Gasteiger partial charge in [0, 0.05) is 36.0 Å². The Morgan fingerprint density at radius 3 is 2.83 bits per heavy atom. The van der Waals surface area contributed by atoms with Gasteiger partial charge in [-0.25, -0.2) is 4.98 Å². The number of pyridine rings is 1. The lowest BCUT2D eigenvalue weighted by molar-refractivity contribution is -0.134. The van der Waals surface area contributed by atoms with Gasteiger partial charge in [0.15, 0.2) is 0 Å². The van der Waals surface area contributed by atoms with Crippen LogP contribution in [-0.2, 0) is 9.59 Å². The number of fused-ring (bicyclic) bond motifs is 1. The number of hydrogen-bond donors (Lipinski definition) is 1. The van der Waals surface area contributed by atoms with E-state index in [0.717, 1.165) is 46.5 Å². The summed E-state index contributed by atoms with van der Waals surface area (Å²) in [5.74, 6) is 1.38. The lowest BCUT2D eigenvalue weighted by atomic mass is 10.1. The third-order valence-electron chi connectivity index (χ3n) is 6.27. The molecule has 0 saturated carbocycles. The molecular formula is C28H31N3O4. The third kappa shape index (κ3) is 5.80. The van der Waals surface area contributed by atoms with Gasteiger partial charge in [-0.05, 0) is 31.4 Å². The van der Waals surface area contributed by atoms with Crippen LogP contribution < -0.4 is 14.8 Å². The van der Waals surface area contributed by atoms with Crippen LogP contribution >= 0.6 is 0 Å². The van der Waals surface area contributed by atoms with Crippen molar-refractivity contribution in [2.45, 2.75) is 37.8 Å². The van der Waals surface area contributed by atoms with E-state index in [1.165, 1.54) is 0 Å². The molecule has 1 saturated heterocycles. The molecule has 1 fully saturated rings. The Balaban J connectivity index is 1.54. The van der Waals surface area contributed by atoms with E-state index >= 15 is 0 Å². The number of nitrogens with zero attached hydrogens (tertiary/aromatic N) is 2. The van der Waals surface area contributed by atoms with Crippen LogP contribution in [0.15, 0.2) is 67.3 Å². The summed E-state index contributed by atoms with van der Waals surface area (Å²) in [5, 5.41) is 3.57. The highest BCUT2D eigenvalue weighted by molar-refractivity contribution is 5.89. The van der Waals surface area contributed by atoms with E-state index in [-0.39, 0.29) is 12.0 Å². The SMILES string of the molecule is C=CCCC[C@H](NC=O)C(=O)N1CC[C@@H](Oc2cc(-c3ccccc3)nc3cc(OC)ccc23)C1. The molecule has 35 heavy (non-hydrogen) atoms. The fraction of sp³-hybridized carbons (Fsp3) is 0.321. The van der Waals surface area contributed by atoms with Crippen molar-refractivity contribution in [1.82, 2.24) is 15.2 Å². The van der Waals surface area contributed by atoms with Crippen molar-refractivity contribution in [2.75, 3.05) is 20.2 Å². The highest BCUT2D eigenvalue weighted by Crippen LogP contribution is 2.33. The van der Waals surface area contributed by atoms with E-state index in [1.807, 2.05) is 60.7 Å². The average Bonchev–Trinajstić information content (AvgIpc) is 3.36. The van der Waals surface area contributed by atoms with Gasteiger partial charge in [-0.2, -0.15) is 0 Å². The summed E-state index contributed by atoms with van der Waals surface area (Å²) in [7, 11) is 1.63. The van der Waals surface area contributed by atoms with E-state index in [0.29, 0.717) is 32.3 Å². The number of benzene rings is 2. The van der Waals surface area contributed by atoms with Gasteiger partial charge in [0.05, 0.1) is 24.9 Å². The summed E-state index contributed by atoms with van der Waals surface area (Å²) in [6.45, 7) is 4.78. The first-order valence-corrected chi connectivity index (χ1v) is 11.9. The van der Waals surface area contributed by atoms with Crippen molar-refractivity contribution in [2.24, 2.45) is 0 Å². The number of allylic oxidation sites excluding steroid dienone is 1. The van der Waals surface area contributed by atoms with Crippen LogP contribution in [0.4, 0.5) is 0 Å². The maximum absolute atomic E-state index is 13.0. The normalized spacial score (nSPS) is 16.0. The first kappa shape index (κ1) is 24.3. The second-order valence-corrected chi connectivity index (χ2v) is 8.62. The number of nitrogens with one attached hydrogen (secondary N) is 1. The van der Waals surface area contributed by atoms with Gasteiger partial charge < -0.3 is 19.7 Å². The highest BCUT2D eigenvalue weighted by Gasteiger charge is 2.32. The van der Waals surface area contributed by atoms with Crippen LogP contribution in [0.3, 0.4) is 0 Å². The highest BCUT2D eigenvalue weighted by atomic mass is 16.5. The maximum atomic E-state index is 13.0. The van der Waals surface area contributed by atoms with Crippen LogP contribution in [0.1, 0.15) is 25.7 Å². The fourth-order valence-electron chi connectivity index (χ4n) is 4.41. The number of aromatic nitrogens is 1. The number of rotatable bonds is 11. The zero-order valence-corrected chi connectivity index (χ0v) is 20.0. The van der Waals surface area contributed by atoms with Crippen LogP contribution in [-0.4, -0.2) is 54.5 Å². The van der Waals surface area contributed by atoms with Gasteiger partial charge in [-0.1, -0.05) is 36.4 Å². The number of methoxy groups -OCH3 is 1. The molecule has 2 heterocycles. The van der Waals surface area contributed by atoms with E-state index in [9.17, 15) is 9.59 Å². The standard InChI is InChI=1S/C28H31N3O4/c1-3-4-6-11-24(29-19-32)28(33)31-15-14-22(18-31)35-27-17-25(20-9-7-5-8-10-20)30-26-16-21(34-2)12-13-23(26)27/h3,5,7-10,12-13,16-17,19,22,24H,1,4,6,11,14-15,18H2,2H3,(H,29,32)/t22-,24+/m1/s1. The van der Waals surface area contributed by atoms with E-state index < -0.39 is 6.04 Å². The van der Waals surface area contributed by atoms with Crippen LogP contribution in [0.5, 0.6) is 11.5 Å². The predicted octanol–water partition coefficient (Wildman–Crippen LogP) is 4.36. The van der Waals surface area contributed by atoms with E-state index in [2.05, 4.69) is 11.9 Å². The fourth-order valence-corrected chi connectivity index (χ4v) is 4.41. The molecule has 1 N–H and O–H groups in total. The lowest BCUT2D eigenvalue weighted by Crippen LogP contribution is -2.45. The second kappa shape index (κ2) is 11.5. The summed E-state index contributed by atoms with van der Waals surface area (Å²) in [6, 6.07) is 17.1. The molecule has 7 heteroatoms. The topological polar surface area (TPSA) is 80.8 Å². The number of amides is 2. The number of unbranched alkanes of at least 4 members (excludes halogenated alkanes) is 1. The van der Waals surface area contributed by atoms with Gasteiger partial charge >= 0.3 is 0 Å². The molecule has 182 valence electrons. The minimum atomic E-state index is -0.523. The zero-order valence-electron chi connectivity index (χ0n) is 20.0. The Bertz CT molecular complexity index is 1180. The second-order valence-electron chi connectivity index (χ2n) is 8.62. The molecule has 1 aliphatic rings. The molecule has 0 aliphatic carbocycles. The molecule has 4 rings (SSSR count). The monoisotopic (exact) mass is 473 g/mol. The first-order valence-electron chi connectivity index (χ1n) is 11.9. The third-order valence-corrected chi connectivity index (χ3v) is 6.27. The predicted molar refractivity (Wildman–Crippen MR) is 136 cm³/mol. The molecule has 1 aliphatic heterocycles. The van der Waals surface area contributed by atoms with Gasteiger partial charge in [-0.15, -0.1) is 6.58 Å². The summed E-state index contributed by atoms with van der Waals surface area (Å²) >= 11 is 0. The smallest absolute Gasteiger partial charge is 0.245 e. The maximum Gasteiger partial charge on any atom is 0.245 e. The van der Waals surface area contributed by atoms with Gasteiger partial charge in [0.25, 0.3) is 0 Å². The van der Waals surface area contributed by atoms with Crippen LogP contribution in [0.25, 0.3) is 22.2 Å². The van der Waals surface area contributed by atoms with Crippen molar-refractivity contribution >= 4 is 23.2 Å². The first-order chi connectivity index (χ1) is 17.1. The molecular weight excluding hydrogens is 442 g/mol. The molecule has 2 amide bonds. The van der Waals surface area contributed by atoms with Crippen molar-refractivity contribution in [3.63, 3.8) is 0 Å². The summed E-state index contributed by atoms with van der Waals surface area (Å²) < 4.78 is 11.9. The lowest BCUT2D eigenvalue weighted by Gasteiger charge is -2.23. The Kier molecular flexibility index (Phi) is 7.98. The number of likely N-dealkylation sites (tertiary alicyclic amines) is 1. The van der Waals surface area contributed by atoms with Crippen molar-refractivity contribution in [3.8, 4) is 22.8 Å². The van der Waals surface area contributed by atoms with E-state index in [1.54, 1.807) is 12.0 Å². The number of carbonyl (C=O) groups excluding carboxylic acids is 2. The quantitative estimate of drug-likeness (QED) is 0.254. The Morgan fingerprint density at radius 2 is 2.09 bits per heavy atom.